The summed E-state index contributed by atoms with van der Waals surface area (Å²) in [6.45, 7) is 2.11. The van der Waals surface area contributed by atoms with E-state index in [0.29, 0.717) is 5.75 Å². The van der Waals surface area contributed by atoms with Gasteiger partial charge >= 0.3 is 0 Å². The Kier molecular flexibility index (Phi) is 5.25. The van der Waals surface area contributed by atoms with Gasteiger partial charge in [0.05, 0.1) is 0 Å². The van der Waals surface area contributed by atoms with Crippen LogP contribution < -0.4 is 0 Å². The van der Waals surface area contributed by atoms with Gasteiger partial charge in [0.1, 0.15) is 5.75 Å². The van der Waals surface area contributed by atoms with Crippen molar-refractivity contribution >= 4 is 0 Å². The highest BCUT2D eigenvalue weighted by molar-refractivity contribution is 5.73. The molecule has 0 radical (unpaired) electrons. The van der Waals surface area contributed by atoms with Crippen molar-refractivity contribution in [2.24, 2.45) is 0 Å². The molecule has 28 heavy (non-hydrogen) atoms. The number of rotatable bonds is 5. The van der Waals surface area contributed by atoms with Crippen molar-refractivity contribution in [2.75, 3.05) is 0 Å². The maximum absolute atomic E-state index is 9.39. The lowest BCUT2D eigenvalue weighted by molar-refractivity contribution is 0.475. The van der Waals surface area contributed by atoms with Gasteiger partial charge in [-0.25, -0.2) is 0 Å². The number of hydrogen-bond acceptors (Lipinski definition) is 1. The zero-order valence-electron chi connectivity index (χ0n) is 16.1. The van der Waals surface area contributed by atoms with Gasteiger partial charge in [-0.3, -0.25) is 0 Å². The molecule has 1 nitrogen and oxygen atoms in total. The van der Waals surface area contributed by atoms with Gasteiger partial charge in [-0.05, 0) is 71.3 Å². The third-order valence-corrected chi connectivity index (χ3v) is 5.17. The first-order chi connectivity index (χ1) is 13.7. The van der Waals surface area contributed by atoms with Gasteiger partial charge < -0.3 is 5.11 Å². The van der Waals surface area contributed by atoms with E-state index >= 15 is 0 Å². The van der Waals surface area contributed by atoms with Crippen LogP contribution in [0.5, 0.6) is 5.75 Å². The second kappa shape index (κ2) is 8.14. The van der Waals surface area contributed by atoms with Gasteiger partial charge in [-0.15, -0.1) is 0 Å². The maximum atomic E-state index is 9.39. The summed E-state index contributed by atoms with van der Waals surface area (Å²) < 4.78 is 0. The molecule has 138 valence electrons. The van der Waals surface area contributed by atoms with Crippen molar-refractivity contribution in [1.82, 2.24) is 0 Å². The van der Waals surface area contributed by atoms with Gasteiger partial charge in [0.25, 0.3) is 0 Å². The second-order valence-corrected chi connectivity index (χ2v) is 7.31. The van der Waals surface area contributed by atoms with E-state index in [-0.39, 0.29) is 0 Å². The third-order valence-electron chi connectivity index (χ3n) is 5.17. The van der Waals surface area contributed by atoms with Gasteiger partial charge in [-0.1, -0.05) is 84.4 Å². The molecule has 0 aliphatic heterocycles. The molecule has 0 atom stereocenters. The van der Waals surface area contributed by atoms with Crippen molar-refractivity contribution in [3.8, 4) is 28.0 Å². The van der Waals surface area contributed by atoms with Crippen molar-refractivity contribution in [3.05, 3.63) is 114 Å². The molecular formula is C27H24O. The van der Waals surface area contributed by atoms with E-state index in [1.54, 1.807) is 12.1 Å². The molecule has 0 spiro atoms. The molecule has 0 saturated heterocycles. The average molecular weight is 364 g/mol. The lowest BCUT2D eigenvalue weighted by Crippen LogP contribution is -1.91. The Bertz CT molecular complexity index is 1040. The van der Waals surface area contributed by atoms with Crippen LogP contribution in [0.1, 0.15) is 16.7 Å². The summed E-state index contributed by atoms with van der Waals surface area (Å²) in [7, 11) is 0. The Labute approximate surface area is 166 Å². The predicted octanol–water partition coefficient (Wildman–Crippen LogP) is 6.82. The van der Waals surface area contributed by atoms with E-state index in [0.717, 1.165) is 12.8 Å². The molecule has 0 saturated carbocycles. The molecule has 0 aliphatic carbocycles. The molecule has 0 heterocycles. The Morgan fingerprint density at radius 2 is 1.00 bits per heavy atom. The van der Waals surface area contributed by atoms with Gasteiger partial charge in [-0.2, -0.15) is 0 Å². The SMILES string of the molecule is Cc1ccc(-c2cccc(-c3ccc(CCc4ccc(O)cc4)cc3)c2)cc1. The van der Waals surface area contributed by atoms with Gasteiger partial charge in [0, 0.05) is 0 Å². The topological polar surface area (TPSA) is 20.2 Å². The molecule has 0 aliphatic rings. The van der Waals surface area contributed by atoms with Crippen molar-refractivity contribution < 1.29 is 5.11 Å². The summed E-state index contributed by atoms with van der Waals surface area (Å²) in [5, 5.41) is 9.39. The first kappa shape index (κ1) is 18.1. The van der Waals surface area contributed by atoms with E-state index in [2.05, 4.69) is 79.7 Å². The Morgan fingerprint density at radius 3 is 1.54 bits per heavy atom. The molecular weight excluding hydrogens is 340 g/mol. The number of aryl methyl sites for hydroxylation is 3. The fourth-order valence-electron chi connectivity index (χ4n) is 3.44. The van der Waals surface area contributed by atoms with E-state index < -0.39 is 0 Å². The van der Waals surface area contributed by atoms with Crippen LogP contribution in [0, 0.1) is 6.92 Å². The zero-order valence-corrected chi connectivity index (χ0v) is 16.1. The molecule has 1 N–H and O–H groups in total. The largest absolute Gasteiger partial charge is 0.508 e. The van der Waals surface area contributed by atoms with E-state index in [9.17, 15) is 5.11 Å². The summed E-state index contributed by atoms with van der Waals surface area (Å²) in [4.78, 5) is 0. The van der Waals surface area contributed by atoms with Crippen LogP contribution in [0.15, 0.2) is 97.1 Å². The molecule has 0 aromatic heterocycles. The van der Waals surface area contributed by atoms with Crippen LogP contribution in [-0.4, -0.2) is 5.11 Å². The van der Waals surface area contributed by atoms with Crippen molar-refractivity contribution in [3.63, 3.8) is 0 Å². The number of aromatic hydroxyl groups is 1. The van der Waals surface area contributed by atoms with Crippen LogP contribution in [0.3, 0.4) is 0 Å². The molecule has 4 aromatic rings. The van der Waals surface area contributed by atoms with E-state index in [1.807, 2.05) is 12.1 Å². The van der Waals surface area contributed by atoms with Gasteiger partial charge in [0.2, 0.25) is 0 Å². The maximum Gasteiger partial charge on any atom is 0.115 e. The van der Waals surface area contributed by atoms with E-state index in [1.165, 1.54) is 38.9 Å². The first-order valence-electron chi connectivity index (χ1n) is 9.72. The molecule has 0 bridgehead atoms. The highest BCUT2D eigenvalue weighted by atomic mass is 16.3. The Balaban J connectivity index is 1.48. The molecule has 1 heteroatoms. The fourth-order valence-corrected chi connectivity index (χ4v) is 3.44. The minimum Gasteiger partial charge on any atom is -0.508 e. The fraction of sp³-hybridized carbons (Fsp3) is 0.111. The lowest BCUT2D eigenvalue weighted by Gasteiger charge is -2.08. The number of phenolic OH excluding ortho intramolecular Hbond substituents is 1. The summed E-state index contributed by atoms with van der Waals surface area (Å²) in [5.74, 6) is 0.320. The minimum absolute atomic E-state index is 0.320. The standard InChI is InChI=1S/C27H24O/c1-20-5-13-23(14-6-20)25-3-2-4-26(19-25)24-15-9-21(10-16-24)7-8-22-11-17-27(28)18-12-22/h2-6,9-19,28H,7-8H2,1H3. The quantitative estimate of drug-likeness (QED) is 0.412. The predicted molar refractivity (Wildman–Crippen MR) is 118 cm³/mol. The summed E-state index contributed by atoms with van der Waals surface area (Å²) in [6, 6.07) is 33.7. The van der Waals surface area contributed by atoms with Crippen LogP contribution in [-0.2, 0) is 12.8 Å². The van der Waals surface area contributed by atoms with Gasteiger partial charge in [0.15, 0.2) is 0 Å². The molecule has 0 amide bonds. The summed E-state index contributed by atoms with van der Waals surface area (Å²) in [5.41, 5.74) is 8.82. The van der Waals surface area contributed by atoms with Crippen LogP contribution >= 0.6 is 0 Å². The Morgan fingerprint density at radius 1 is 0.536 bits per heavy atom. The number of hydrogen-bond donors (Lipinski definition) is 1. The number of phenols is 1. The average Bonchev–Trinajstić information content (AvgIpc) is 2.74. The van der Waals surface area contributed by atoms with Crippen LogP contribution in [0.2, 0.25) is 0 Å². The Hall–Kier alpha value is -3.32. The monoisotopic (exact) mass is 364 g/mol. The molecule has 4 rings (SSSR count). The molecule has 4 aromatic carbocycles. The molecule has 0 fully saturated rings. The molecule has 0 unspecified atom stereocenters. The summed E-state index contributed by atoms with van der Waals surface area (Å²) in [6.07, 6.45) is 1.97. The normalized spacial score (nSPS) is 10.8. The minimum atomic E-state index is 0.320. The highest BCUT2D eigenvalue weighted by Crippen LogP contribution is 2.27. The van der Waals surface area contributed by atoms with Crippen LogP contribution in [0.4, 0.5) is 0 Å². The first-order valence-corrected chi connectivity index (χ1v) is 9.72. The third kappa shape index (κ3) is 4.32. The van der Waals surface area contributed by atoms with Crippen molar-refractivity contribution in [1.29, 1.82) is 0 Å². The smallest absolute Gasteiger partial charge is 0.115 e. The lowest BCUT2D eigenvalue weighted by atomic mass is 9.97. The van der Waals surface area contributed by atoms with Crippen molar-refractivity contribution in [2.45, 2.75) is 19.8 Å². The van der Waals surface area contributed by atoms with E-state index in [4.69, 9.17) is 0 Å². The summed E-state index contributed by atoms with van der Waals surface area (Å²) >= 11 is 0. The zero-order chi connectivity index (χ0) is 19.3. The number of benzene rings is 4. The highest BCUT2D eigenvalue weighted by Gasteiger charge is 2.03. The van der Waals surface area contributed by atoms with Crippen LogP contribution in [0.25, 0.3) is 22.3 Å². The second-order valence-electron chi connectivity index (χ2n) is 7.31.